The Balaban J connectivity index is 1.90. The van der Waals surface area contributed by atoms with Crippen molar-refractivity contribution in [3.05, 3.63) is 12.2 Å². The monoisotopic (exact) mass is 337 g/mol. The summed E-state index contributed by atoms with van der Waals surface area (Å²) in [5, 5.41) is 10.7. The summed E-state index contributed by atoms with van der Waals surface area (Å²) in [6.45, 7) is 6.49. The van der Waals surface area contributed by atoms with Crippen LogP contribution in [0.4, 0.5) is 4.79 Å². The van der Waals surface area contributed by atoms with Gasteiger partial charge in [-0.15, -0.1) is 10.2 Å². The second-order valence-electron chi connectivity index (χ2n) is 7.08. The summed E-state index contributed by atoms with van der Waals surface area (Å²) in [4.78, 5) is 26.4. The third-order valence-electron chi connectivity index (χ3n) is 3.89. The van der Waals surface area contributed by atoms with Gasteiger partial charge in [-0.05, 0) is 40.0 Å². The zero-order valence-corrected chi connectivity index (χ0v) is 14.9. The van der Waals surface area contributed by atoms with Gasteiger partial charge in [0.2, 0.25) is 5.91 Å². The number of rotatable bonds is 4. The molecule has 2 heterocycles. The maximum absolute atomic E-state index is 12.5. The topological polar surface area (TPSA) is 89.4 Å². The van der Waals surface area contributed by atoms with E-state index in [4.69, 9.17) is 4.74 Å². The number of carbonyl (C=O) groups excluding carboxylic acids is 2. The molecule has 0 radical (unpaired) electrons. The summed E-state index contributed by atoms with van der Waals surface area (Å²) in [5.74, 6) is 0.672. The molecule has 8 nitrogen and oxygen atoms in total. The molecule has 1 saturated heterocycles. The Hall–Kier alpha value is -2.12. The van der Waals surface area contributed by atoms with E-state index < -0.39 is 17.7 Å². The minimum atomic E-state index is -0.569. The van der Waals surface area contributed by atoms with Gasteiger partial charge in [-0.2, -0.15) is 0 Å². The third kappa shape index (κ3) is 4.94. The summed E-state index contributed by atoms with van der Waals surface area (Å²) in [6.07, 6.45) is 4.29. The van der Waals surface area contributed by atoms with E-state index in [0.717, 1.165) is 18.7 Å². The first kappa shape index (κ1) is 18.2. The van der Waals surface area contributed by atoms with Crippen molar-refractivity contribution in [2.45, 2.75) is 58.1 Å². The van der Waals surface area contributed by atoms with Crippen molar-refractivity contribution in [1.82, 2.24) is 25.0 Å². The van der Waals surface area contributed by atoms with Crippen molar-refractivity contribution in [2.24, 2.45) is 7.05 Å². The Morgan fingerprint density at radius 3 is 2.75 bits per heavy atom. The summed E-state index contributed by atoms with van der Waals surface area (Å²) in [5.41, 5.74) is -0.569. The quantitative estimate of drug-likeness (QED) is 0.893. The van der Waals surface area contributed by atoms with Crippen molar-refractivity contribution in [3.63, 3.8) is 0 Å². The van der Waals surface area contributed by atoms with Gasteiger partial charge in [0.1, 0.15) is 23.8 Å². The van der Waals surface area contributed by atoms with E-state index in [1.807, 2.05) is 32.4 Å². The third-order valence-corrected chi connectivity index (χ3v) is 3.89. The number of nitrogens with zero attached hydrogens (tertiary/aromatic N) is 4. The lowest BCUT2D eigenvalue weighted by atomic mass is 10.0. The number of aromatic nitrogens is 3. The molecule has 1 aromatic heterocycles. The van der Waals surface area contributed by atoms with E-state index in [0.29, 0.717) is 25.9 Å². The number of hydrogen-bond donors (Lipinski definition) is 1. The van der Waals surface area contributed by atoms with Gasteiger partial charge < -0.3 is 14.6 Å². The Morgan fingerprint density at radius 2 is 2.12 bits per heavy atom. The molecule has 8 heteroatoms. The number of hydrogen-bond acceptors (Lipinski definition) is 5. The van der Waals surface area contributed by atoms with E-state index in [-0.39, 0.29) is 5.91 Å². The van der Waals surface area contributed by atoms with Crippen LogP contribution in [0, 0.1) is 0 Å². The number of ether oxygens (including phenoxy) is 1. The minimum absolute atomic E-state index is 0.136. The summed E-state index contributed by atoms with van der Waals surface area (Å²) < 4.78 is 7.24. The molecule has 24 heavy (non-hydrogen) atoms. The van der Waals surface area contributed by atoms with Crippen LogP contribution in [-0.2, 0) is 23.0 Å². The second kappa shape index (κ2) is 7.63. The maximum atomic E-state index is 12.5. The molecule has 0 bridgehead atoms. The summed E-state index contributed by atoms with van der Waals surface area (Å²) in [6, 6.07) is -0.465. The molecule has 1 N–H and O–H groups in total. The van der Waals surface area contributed by atoms with Crippen LogP contribution in [0.2, 0.25) is 0 Å². The molecule has 1 aromatic rings. The number of piperidine rings is 1. The molecule has 2 rings (SSSR count). The number of aryl methyl sites for hydroxylation is 1. The fourth-order valence-electron chi connectivity index (χ4n) is 2.69. The van der Waals surface area contributed by atoms with E-state index in [1.165, 1.54) is 0 Å². The minimum Gasteiger partial charge on any atom is -0.444 e. The van der Waals surface area contributed by atoms with Crippen molar-refractivity contribution >= 4 is 12.0 Å². The highest BCUT2D eigenvalue weighted by Gasteiger charge is 2.34. The molecule has 0 unspecified atom stereocenters. The first-order valence-corrected chi connectivity index (χ1v) is 8.38. The normalized spacial score (nSPS) is 18.3. The van der Waals surface area contributed by atoms with E-state index in [2.05, 4.69) is 15.5 Å². The number of carbonyl (C=O) groups is 2. The average molecular weight is 337 g/mol. The SMILES string of the molecule is Cn1cnnc1CCNC(=O)[C@@H]1CCCCN1C(=O)OC(C)(C)C. The lowest BCUT2D eigenvalue weighted by Crippen LogP contribution is -2.53. The van der Waals surface area contributed by atoms with Crippen LogP contribution >= 0.6 is 0 Å². The molecular weight excluding hydrogens is 310 g/mol. The van der Waals surface area contributed by atoms with Gasteiger partial charge in [0.05, 0.1) is 0 Å². The predicted octanol–water partition coefficient (Wildman–Crippen LogP) is 1.26. The van der Waals surface area contributed by atoms with Gasteiger partial charge >= 0.3 is 6.09 Å². The molecular formula is C16H27N5O3. The molecule has 0 aliphatic carbocycles. The van der Waals surface area contributed by atoms with Crippen molar-refractivity contribution in [1.29, 1.82) is 0 Å². The van der Waals surface area contributed by atoms with Crippen LogP contribution in [0.15, 0.2) is 6.33 Å². The standard InChI is InChI=1S/C16H27N5O3/c1-16(2,3)24-15(23)21-10-6-5-7-12(21)14(22)17-9-8-13-19-18-11-20(13)4/h11-12H,5-10H2,1-4H3,(H,17,22)/t12-/m0/s1. The summed E-state index contributed by atoms with van der Waals surface area (Å²) >= 11 is 0. The fourth-order valence-corrected chi connectivity index (χ4v) is 2.69. The highest BCUT2D eigenvalue weighted by molar-refractivity contribution is 5.85. The second-order valence-corrected chi connectivity index (χ2v) is 7.08. The van der Waals surface area contributed by atoms with E-state index in [1.54, 1.807) is 11.2 Å². The number of nitrogens with one attached hydrogen (secondary N) is 1. The van der Waals surface area contributed by atoms with Crippen LogP contribution in [0.3, 0.4) is 0 Å². The van der Waals surface area contributed by atoms with E-state index >= 15 is 0 Å². The maximum Gasteiger partial charge on any atom is 0.410 e. The van der Waals surface area contributed by atoms with Crippen molar-refractivity contribution in [2.75, 3.05) is 13.1 Å². The van der Waals surface area contributed by atoms with Gasteiger partial charge in [-0.3, -0.25) is 9.69 Å². The molecule has 134 valence electrons. The molecule has 0 saturated carbocycles. The summed E-state index contributed by atoms with van der Waals surface area (Å²) in [7, 11) is 1.86. The van der Waals surface area contributed by atoms with Crippen LogP contribution in [0.25, 0.3) is 0 Å². The van der Waals surface area contributed by atoms with Gasteiger partial charge in [0, 0.05) is 26.6 Å². The van der Waals surface area contributed by atoms with Gasteiger partial charge in [-0.25, -0.2) is 4.79 Å². The lowest BCUT2D eigenvalue weighted by molar-refractivity contribution is -0.127. The Labute approximate surface area is 142 Å². The first-order chi connectivity index (χ1) is 11.3. The van der Waals surface area contributed by atoms with E-state index in [9.17, 15) is 9.59 Å². The van der Waals surface area contributed by atoms with Crippen molar-refractivity contribution in [3.8, 4) is 0 Å². The first-order valence-electron chi connectivity index (χ1n) is 8.38. The molecule has 1 aliphatic heterocycles. The Bertz CT molecular complexity index is 579. The Morgan fingerprint density at radius 1 is 1.38 bits per heavy atom. The molecule has 1 atom stereocenters. The fraction of sp³-hybridized carbons (Fsp3) is 0.750. The van der Waals surface area contributed by atoms with Crippen LogP contribution in [0.1, 0.15) is 45.9 Å². The van der Waals surface area contributed by atoms with Gasteiger partial charge in [0.25, 0.3) is 0 Å². The zero-order valence-electron chi connectivity index (χ0n) is 14.9. The average Bonchev–Trinajstić information content (AvgIpc) is 2.91. The number of likely N-dealkylation sites (tertiary alicyclic amines) is 1. The molecule has 0 spiro atoms. The molecule has 0 aromatic carbocycles. The largest absolute Gasteiger partial charge is 0.444 e. The smallest absolute Gasteiger partial charge is 0.410 e. The number of amides is 2. The van der Waals surface area contributed by atoms with Crippen molar-refractivity contribution < 1.29 is 14.3 Å². The zero-order chi connectivity index (χ0) is 17.7. The highest BCUT2D eigenvalue weighted by Crippen LogP contribution is 2.20. The molecule has 1 fully saturated rings. The van der Waals surface area contributed by atoms with Crippen LogP contribution < -0.4 is 5.32 Å². The van der Waals surface area contributed by atoms with Gasteiger partial charge in [0.15, 0.2) is 0 Å². The van der Waals surface area contributed by atoms with Crippen LogP contribution in [0.5, 0.6) is 0 Å². The molecule has 1 aliphatic rings. The molecule has 2 amide bonds. The highest BCUT2D eigenvalue weighted by atomic mass is 16.6. The van der Waals surface area contributed by atoms with Gasteiger partial charge in [-0.1, -0.05) is 0 Å². The predicted molar refractivity (Wildman–Crippen MR) is 88.3 cm³/mol. The Kier molecular flexibility index (Phi) is 5.80. The lowest BCUT2D eigenvalue weighted by Gasteiger charge is -2.35. The van der Waals surface area contributed by atoms with Crippen LogP contribution in [-0.4, -0.2) is 56.4 Å².